The van der Waals surface area contributed by atoms with Crippen LogP contribution in [0.2, 0.25) is 0 Å². The molecule has 1 heteroatoms. The first-order chi connectivity index (χ1) is 8.13. The Balaban J connectivity index is 3.84. The first kappa shape index (κ1) is 17.0. The highest BCUT2D eigenvalue weighted by Crippen LogP contribution is 2.27. The molecule has 1 N–H and O–H groups in total. The van der Waals surface area contributed by atoms with E-state index < -0.39 is 0 Å². The van der Waals surface area contributed by atoms with Gasteiger partial charge in [0, 0.05) is 0 Å². The van der Waals surface area contributed by atoms with Crippen molar-refractivity contribution in [2.75, 3.05) is 0 Å². The second-order valence-corrected chi connectivity index (χ2v) is 5.73. The Morgan fingerprint density at radius 1 is 0.765 bits per heavy atom. The van der Waals surface area contributed by atoms with Gasteiger partial charge in [0.1, 0.15) is 0 Å². The topological polar surface area (TPSA) is 20.2 Å². The van der Waals surface area contributed by atoms with Gasteiger partial charge in [-0.2, -0.15) is 0 Å². The summed E-state index contributed by atoms with van der Waals surface area (Å²) in [7, 11) is 0. The molecule has 3 unspecified atom stereocenters. The molecule has 0 spiro atoms. The van der Waals surface area contributed by atoms with E-state index in [1.165, 1.54) is 57.8 Å². The molecule has 3 atom stereocenters. The third-order valence-corrected chi connectivity index (χ3v) is 4.00. The van der Waals surface area contributed by atoms with Gasteiger partial charge in [0.25, 0.3) is 0 Å². The van der Waals surface area contributed by atoms with Crippen molar-refractivity contribution in [2.24, 2.45) is 11.8 Å². The van der Waals surface area contributed by atoms with Crippen LogP contribution in [0.15, 0.2) is 0 Å². The Hall–Kier alpha value is -0.0400. The maximum atomic E-state index is 9.88. The summed E-state index contributed by atoms with van der Waals surface area (Å²) in [6.45, 7) is 8.80. The highest BCUT2D eigenvalue weighted by Gasteiger charge is 2.21. The molecule has 0 radical (unpaired) electrons. The normalized spacial score (nSPS) is 16.8. The van der Waals surface area contributed by atoms with E-state index in [1.54, 1.807) is 0 Å². The minimum atomic E-state index is -0.131. The molecular formula is C16H34O. The molecular weight excluding hydrogens is 208 g/mol. The van der Waals surface area contributed by atoms with Gasteiger partial charge < -0.3 is 5.11 Å². The summed E-state index contributed by atoms with van der Waals surface area (Å²) in [5.74, 6) is 1.20. The van der Waals surface area contributed by atoms with Crippen LogP contribution in [-0.2, 0) is 0 Å². The number of aliphatic hydroxyl groups is 1. The molecule has 0 aliphatic rings. The highest BCUT2D eigenvalue weighted by molar-refractivity contribution is 4.71. The van der Waals surface area contributed by atoms with Crippen molar-refractivity contribution in [2.45, 2.75) is 91.6 Å². The number of hydrogen-bond donors (Lipinski definition) is 1. The van der Waals surface area contributed by atoms with Gasteiger partial charge in [-0.15, -0.1) is 0 Å². The van der Waals surface area contributed by atoms with E-state index in [0.717, 1.165) is 0 Å². The average Bonchev–Trinajstić information content (AvgIpc) is 2.29. The van der Waals surface area contributed by atoms with Crippen LogP contribution in [0.5, 0.6) is 0 Å². The van der Waals surface area contributed by atoms with Crippen molar-refractivity contribution < 1.29 is 5.11 Å². The van der Waals surface area contributed by atoms with E-state index in [0.29, 0.717) is 11.8 Å². The number of aliphatic hydroxyl groups excluding tert-OH is 1. The van der Waals surface area contributed by atoms with E-state index in [-0.39, 0.29) is 6.10 Å². The molecule has 0 heterocycles. The zero-order chi connectivity index (χ0) is 13.1. The third kappa shape index (κ3) is 8.65. The minimum Gasteiger partial charge on any atom is -0.393 e. The van der Waals surface area contributed by atoms with Crippen LogP contribution >= 0.6 is 0 Å². The van der Waals surface area contributed by atoms with Gasteiger partial charge in [-0.3, -0.25) is 0 Å². The molecule has 0 aromatic carbocycles. The van der Waals surface area contributed by atoms with Gasteiger partial charge in [0.15, 0.2) is 0 Å². The van der Waals surface area contributed by atoms with Crippen molar-refractivity contribution in [3.63, 3.8) is 0 Å². The van der Waals surface area contributed by atoms with Crippen LogP contribution < -0.4 is 0 Å². The number of unbranched alkanes of at least 4 members (excludes halogenated alkanes) is 5. The van der Waals surface area contributed by atoms with Gasteiger partial charge in [0.2, 0.25) is 0 Å². The summed E-state index contributed by atoms with van der Waals surface area (Å²) in [6, 6.07) is 0. The van der Waals surface area contributed by atoms with Crippen molar-refractivity contribution >= 4 is 0 Å². The summed E-state index contributed by atoms with van der Waals surface area (Å²) in [5.41, 5.74) is 0. The molecule has 0 rings (SSSR count). The summed E-state index contributed by atoms with van der Waals surface area (Å²) in [5, 5.41) is 9.88. The van der Waals surface area contributed by atoms with Crippen molar-refractivity contribution in [3.05, 3.63) is 0 Å². The average molecular weight is 242 g/mol. The van der Waals surface area contributed by atoms with E-state index in [4.69, 9.17) is 0 Å². The molecule has 0 aromatic heterocycles. The van der Waals surface area contributed by atoms with Crippen molar-refractivity contribution in [1.29, 1.82) is 0 Å². The molecule has 1 nitrogen and oxygen atoms in total. The van der Waals surface area contributed by atoms with Crippen LogP contribution in [0.1, 0.15) is 85.5 Å². The first-order valence-corrected chi connectivity index (χ1v) is 7.81. The Morgan fingerprint density at radius 3 is 1.82 bits per heavy atom. The van der Waals surface area contributed by atoms with Crippen LogP contribution in [0.3, 0.4) is 0 Å². The molecule has 0 fully saturated rings. The maximum Gasteiger partial charge on any atom is 0.0542 e. The van der Waals surface area contributed by atoms with Crippen LogP contribution in [0.4, 0.5) is 0 Å². The molecule has 0 aromatic rings. The summed E-state index contributed by atoms with van der Waals surface area (Å²) in [4.78, 5) is 0. The Bertz CT molecular complexity index is 154. The summed E-state index contributed by atoms with van der Waals surface area (Å²) in [6.07, 6.45) is 11.6. The van der Waals surface area contributed by atoms with Crippen LogP contribution in [-0.4, -0.2) is 11.2 Å². The minimum absolute atomic E-state index is 0.131. The van der Waals surface area contributed by atoms with Gasteiger partial charge in [-0.05, 0) is 25.2 Å². The lowest BCUT2D eigenvalue weighted by molar-refractivity contribution is 0.0810. The number of rotatable bonds is 11. The van der Waals surface area contributed by atoms with E-state index in [2.05, 4.69) is 20.8 Å². The van der Waals surface area contributed by atoms with Gasteiger partial charge in [-0.25, -0.2) is 0 Å². The van der Waals surface area contributed by atoms with Crippen LogP contribution in [0.25, 0.3) is 0 Å². The smallest absolute Gasteiger partial charge is 0.0542 e. The molecule has 0 aliphatic heterocycles. The Kier molecular flexibility index (Phi) is 11.0. The zero-order valence-electron chi connectivity index (χ0n) is 12.5. The number of hydrogen-bond acceptors (Lipinski definition) is 1. The lowest BCUT2D eigenvalue weighted by Gasteiger charge is -2.26. The molecule has 0 saturated carbocycles. The fourth-order valence-corrected chi connectivity index (χ4v) is 2.74. The molecule has 0 aliphatic carbocycles. The van der Waals surface area contributed by atoms with Crippen molar-refractivity contribution in [1.82, 2.24) is 0 Å². The molecule has 0 bridgehead atoms. The van der Waals surface area contributed by atoms with Crippen LogP contribution in [0, 0.1) is 11.8 Å². The largest absolute Gasteiger partial charge is 0.393 e. The monoisotopic (exact) mass is 242 g/mol. The lowest BCUT2D eigenvalue weighted by Crippen LogP contribution is -2.24. The predicted octanol–water partition coefficient (Wildman–Crippen LogP) is 5.17. The molecule has 17 heavy (non-hydrogen) atoms. The van der Waals surface area contributed by atoms with E-state index >= 15 is 0 Å². The predicted molar refractivity (Wildman–Crippen MR) is 77.2 cm³/mol. The zero-order valence-corrected chi connectivity index (χ0v) is 12.5. The van der Waals surface area contributed by atoms with Gasteiger partial charge >= 0.3 is 0 Å². The SMILES string of the molecule is CCCCCCC(C)C(CCCCC)C(C)O. The third-order valence-electron chi connectivity index (χ3n) is 4.00. The molecule has 104 valence electrons. The fraction of sp³-hybridized carbons (Fsp3) is 1.00. The second-order valence-electron chi connectivity index (χ2n) is 5.73. The summed E-state index contributed by atoms with van der Waals surface area (Å²) < 4.78 is 0. The quantitative estimate of drug-likeness (QED) is 0.496. The van der Waals surface area contributed by atoms with Gasteiger partial charge in [-0.1, -0.05) is 72.1 Å². The second kappa shape index (κ2) is 11.1. The van der Waals surface area contributed by atoms with E-state index in [9.17, 15) is 5.11 Å². The highest BCUT2D eigenvalue weighted by atomic mass is 16.3. The lowest BCUT2D eigenvalue weighted by atomic mass is 9.82. The molecule has 0 amide bonds. The van der Waals surface area contributed by atoms with E-state index in [1.807, 2.05) is 6.92 Å². The molecule has 0 saturated heterocycles. The maximum absolute atomic E-state index is 9.88. The van der Waals surface area contributed by atoms with Gasteiger partial charge in [0.05, 0.1) is 6.10 Å². The fourth-order valence-electron chi connectivity index (χ4n) is 2.74. The Labute approximate surface area is 109 Å². The summed E-state index contributed by atoms with van der Waals surface area (Å²) >= 11 is 0. The first-order valence-electron chi connectivity index (χ1n) is 7.81. The standard InChI is InChI=1S/C16H34O/c1-5-7-9-11-12-14(3)16(15(4)17)13-10-8-6-2/h14-17H,5-13H2,1-4H3. The van der Waals surface area contributed by atoms with Crippen molar-refractivity contribution in [3.8, 4) is 0 Å². The Morgan fingerprint density at radius 2 is 1.29 bits per heavy atom.